The van der Waals surface area contributed by atoms with Gasteiger partial charge in [0.2, 0.25) is 0 Å². The Morgan fingerprint density at radius 2 is 1.39 bits per heavy atom. The van der Waals surface area contributed by atoms with Crippen LogP contribution in [0.25, 0.3) is 11.1 Å². The van der Waals surface area contributed by atoms with Crippen LogP contribution in [-0.2, 0) is 23.7 Å². The molecule has 0 radical (unpaired) electrons. The van der Waals surface area contributed by atoms with E-state index in [0.717, 1.165) is 6.42 Å². The van der Waals surface area contributed by atoms with Gasteiger partial charge >= 0.3 is 12.4 Å². The number of ether oxygens (including phenoxy) is 1. The van der Waals surface area contributed by atoms with Crippen LogP contribution in [0.5, 0.6) is 0 Å². The van der Waals surface area contributed by atoms with Gasteiger partial charge in [0.1, 0.15) is 12.2 Å². The van der Waals surface area contributed by atoms with E-state index in [9.17, 15) is 46.8 Å². The molecule has 2 aromatic rings. The number of β-amino-alcohol motifs (C(OH)–C–C–N with tert-alkyl or cyclic N) is 1. The van der Waals surface area contributed by atoms with Crippen molar-refractivity contribution in [1.82, 2.24) is 4.90 Å². The van der Waals surface area contributed by atoms with Gasteiger partial charge in [-0.3, -0.25) is 4.90 Å². The molecule has 0 aliphatic carbocycles. The number of halogens is 6. The molecular formula is C26H31F6NO5. The van der Waals surface area contributed by atoms with E-state index in [1.165, 1.54) is 12.1 Å². The summed E-state index contributed by atoms with van der Waals surface area (Å²) in [4.78, 5) is 1.74. The van der Waals surface area contributed by atoms with Gasteiger partial charge in [0.25, 0.3) is 0 Å². The quantitative estimate of drug-likeness (QED) is 0.265. The predicted octanol–water partition coefficient (Wildman–Crippen LogP) is 3.84. The Kier molecular flexibility index (Phi) is 10.2. The highest BCUT2D eigenvalue weighted by molar-refractivity contribution is 5.66. The molecule has 0 spiro atoms. The molecule has 1 aliphatic heterocycles. The van der Waals surface area contributed by atoms with E-state index in [1.807, 2.05) is 0 Å². The molecule has 0 saturated carbocycles. The van der Waals surface area contributed by atoms with Crippen molar-refractivity contribution in [3.63, 3.8) is 0 Å². The molecule has 12 heteroatoms. The Bertz CT molecular complexity index is 998. The van der Waals surface area contributed by atoms with E-state index in [1.54, 1.807) is 17.0 Å². The van der Waals surface area contributed by atoms with Crippen LogP contribution in [-0.4, -0.2) is 76.0 Å². The molecule has 6 nitrogen and oxygen atoms in total. The number of alkyl halides is 6. The van der Waals surface area contributed by atoms with Crippen molar-refractivity contribution in [2.45, 2.75) is 62.6 Å². The molecule has 0 bridgehead atoms. The number of piperidine rings is 1. The molecule has 4 unspecified atom stereocenters. The highest BCUT2D eigenvalue weighted by Gasteiger charge is 2.40. The third-order valence-corrected chi connectivity index (χ3v) is 6.59. The van der Waals surface area contributed by atoms with Crippen molar-refractivity contribution in [2.75, 3.05) is 26.3 Å². The molecule has 1 heterocycles. The van der Waals surface area contributed by atoms with Gasteiger partial charge < -0.3 is 25.2 Å². The molecule has 212 valence electrons. The van der Waals surface area contributed by atoms with Crippen molar-refractivity contribution in [2.24, 2.45) is 0 Å². The van der Waals surface area contributed by atoms with Crippen molar-refractivity contribution >= 4 is 0 Å². The monoisotopic (exact) mass is 551 g/mol. The van der Waals surface area contributed by atoms with Crippen LogP contribution in [0.4, 0.5) is 26.3 Å². The Morgan fingerprint density at radius 1 is 0.789 bits per heavy atom. The molecule has 3 rings (SSSR count). The van der Waals surface area contributed by atoms with Gasteiger partial charge in [-0.25, -0.2) is 0 Å². The number of benzene rings is 2. The molecule has 4 atom stereocenters. The van der Waals surface area contributed by atoms with Crippen molar-refractivity contribution in [3.8, 4) is 11.1 Å². The zero-order valence-corrected chi connectivity index (χ0v) is 20.4. The number of hydrogen-bond donors (Lipinski definition) is 4. The molecule has 1 fully saturated rings. The summed E-state index contributed by atoms with van der Waals surface area (Å²) in [6.45, 7) is 0.945. The van der Waals surface area contributed by atoms with Gasteiger partial charge in [-0.1, -0.05) is 24.3 Å². The molecule has 1 saturated heterocycles. The lowest BCUT2D eigenvalue weighted by molar-refractivity contribution is -0.145. The van der Waals surface area contributed by atoms with Gasteiger partial charge in [0.15, 0.2) is 0 Å². The number of nitrogens with zero attached hydrogens (tertiary/aromatic N) is 1. The SMILES string of the molecule is OCC1C(O)C(O)C(O)CN1CCCCCOCc1ccc(-c2cc(C(F)(F)F)cc(C(F)(F)F)c2)cc1. The average molecular weight is 552 g/mol. The first-order valence-corrected chi connectivity index (χ1v) is 12.2. The molecule has 2 aromatic carbocycles. The molecule has 38 heavy (non-hydrogen) atoms. The van der Waals surface area contributed by atoms with Gasteiger partial charge in [0.05, 0.1) is 36.5 Å². The van der Waals surface area contributed by atoms with Crippen LogP contribution in [0, 0.1) is 0 Å². The van der Waals surface area contributed by atoms with Crippen LogP contribution in [0.2, 0.25) is 0 Å². The van der Waals surface area contributed by atoms with E-state index in [-0.39, 0.29) is 37.0 Å². The highest BCUT2D eigenvalue weighted by Crippen LogP contribution is 2.38. The normalized spacial score (nSPS) is 23.1. The zero-order valence-electron chi connectivity index (χ0n) is 20.4. The van der Waals surface area contributed by atoms with E-state index < -0.39 is 47.8 Å². The number of unbranched alkanes of at least 4 members (excludes halogenated alkanes) is 2. The van der Waals surface area contributed by atoms with E-state index in [4.69, 9.17) is 4.74 Å². The second-order valence-corrected chi connectivity index (χ2v) is 9.40. The summed E-state index contributed by atoms with van der Waals surface area (Å²) in [5, 5.41) is 39.1. The molecule has 0 amide bonds. The number of likely N-dealkylation sites (tertiary alicyclic amines) is 1. The average Bonchev–Trinajstić information content (AvgIpc) is 2.86. The topological polar surface area (TPSA) is 93.4 Å². The summed E-state index contributed by atoms with van der Waals surface area (Å²) >= 11 is 0. The largest absolute Gasteiger partial charge is 0.416 e. The van der Waals surface area contributed by atoms with Crippen LogP contribution in [0.3, 0.4) is 0 Å². The Labute approximate surface area is 216 Å². The van der Waals surface area contributed by atoms with Crippen LogP contribution in [0.15, 0.2) is 42.5 Å². The van der Waals surface area contributed by atoms with Crippen LogP contribution >= 0.6 is 0 Å². The van der Waals surface area contributed by atoms with Gasteiger partial charge in [-0.15, -0.1) is 0 Å². The second-order valence-electron chi connectivity index (χ2n) is 9.40. The van der Waals surface area contributed by atoms with Crippen LogP contribution in [0.1, 0.15) is 36.0 Å². The van der Waals surface area contributed by atoms with Crippen molar-refractivity contribution in [3.05, 3.63) is 59.2 Å². The summed E-state index contributed by atoms with van der Waals surface area (Å²) < 4.78 is 84.3. The van der Waals surface area contributed by atoms with E-state index >= 15 is 0 Å². The Balaban J connectivity index is 1.46. The van der Waals surface area contributed by atoms with Gasteiger partial charge in [-0.05, 0) is 60.7 Å². The summed E-state index contributed by atoms with van der Waals surface area (Å²) in [5.74, 6) is 0. The van der Waals surface area contributed by atoms with Crippen LogP contribution < -0.4 is 0 Å². The van der Waals surface area contributed by atoms with E-state index in [0.29, 0.717) is 43.7 Å². The van der Waals surface area contributed by atoms with Gasteiger partial charge in [-0.2, -0.15) is 26.3 Å². The zero-order chi connectivity index (χ0) is 28.1. The van der Waals surface area contributed by atoms with Crippen molar-refractivity contribution in [1.29, 1.82) is 0 Å². The molecule has 1 aliphatic rings. The number of rotatable bonds is 10. The third-order valence-electron chi connectivity index (χ3n) is 6.59. The van der Waals surface area contributed by atoms with Gasteiger partial charge in [0, 0.05) is 13.2 Å². The lowest BCUT2D eigenvalue weighted by Crippen LogP contribution is -2.62. The molecular weight excluding hydrogens is 520 g/mol. The van der Waals surface area contributed by atoms with Crippen molar-refractivity contribution < 1.29 is 51.5 Å². The second kappa shape index (κ2) is 12.8. The highest BCUT2D eigenvalue weighted by atomic mass is 19.4. The Hall–Kier alpha value is -2.22. The maximum absolute atomic E-state index is 13.1. The summed E-state index contributed by atoms with van der Waals surface area (Å²) in [7, 11) is 0. The Morgan fingerprint density at radius 3 is 1.95 bits per heavy atom. The maximum atomic E-state index is 13.1. The number of aliphatic hydroxyl groups excluding tert-OH is 4. The first-order valence-electron chi connectivity index (χ1n) is 12.2. The fourth-order valence-corrected chi connectivity index (χ4v) is 4.44. The fourth-order valence-electron chi connectivity index (χ4n) is 4.44. The standard InChI is InChI=1S/C26H31F6NO5/c27-25(28,29)19-10-18(11-20(12-19)26(30,31)32)17-6-4-16(5-7-17)15-38-9-3-1-2-8-33-13-22(35)24(37)23(36)21(33)14-34/h4-7,10-12,21-24,34-37H,1-3,8-9,13-15H2. The summed E-state index contributed by atoms with van der Waals surface area (Å²) in [5.41, 5.74) is -2.01. The summed E-state index contributed by atoms with van der Waals surface area (Å²) in [6, 6.07) is 6.89. The maximum Gasteiger partial charge on any atom is 0.416 e. The lowest BCUT2D eigenvalue weighted by atomic mass is 9.94. The molecule has 4 N–H and O–H groups in total. The smallest absolute Gasteiger partial charge is 0.395 e. The first-order chi connectivity index (χ1) is 17.8. The first kappa shape index (κ1) is 30.3. The third kappa shape index (κ3) is 7.90. The minimum Gasteiger partial charge on any atom is -0.395 e. The predicted molar refractivity (Wildman–Crippen MR) is 126 cm³/mol. The fraction of sp³-hybridized carbons (Fsp3) is 0.538. The van der Waals surface area contributed by atoms with E-state index in [2.05, 4.69) is 0 Å². The minimum atomic E-state index is -4.91. The number of hydrogen-bond acceptors (Lipinski definition) is 6. The number of aliphatic hydroxyl groups is 4. The molecule has 0 aromatic heterocycles. The summed E-state index contributed by atoms with van der Waals surface area (Å²) in [6.07, 6.45) is -11.3. The minimum absolute atomic E-state index is 0.0975. The lowest BCUT2D eigenvalue weighted by Gasteiger charge is -2.43.